The fraction of sp³-hybridized carbons (Fsp3) is 0.400. The number of aromatic nitrogens is 3. The monoisotopic (exact) mass is 628 g/mol. The second kappa shape index (κ2) is 13.1. The Morgan fingerprint density at radius 1 is 1.04 bits per heavy atom. The summed E-state index contributed by atoms with van der Waals surface area (Å²) < 4.78 is 16.5. The number of amides is 2. The lowest BCUT2D eigenvalue weighted by Gasteiger charge is -2.31. The summed E-state index contributed by atoms with van der Waals surface area (Å²) >= 11 is 0. The quantitative estimate of drug-likeness (QED) is 0.210. The Morgan fingerprint density at radius 3 is 2.50 bits per heavy atom. The standard InChI is InChI=1S/C35H41FN6O4/c1-22-25(15-26(18-38-22)32(45)37-12-14-41-13-6-11-35(41,4)5)17-31(44)28-19-39-42-20-24(8-10-30(28)42)23-7-9-27(29(36)16-23)33(46)40-34(2,3)21-43/h7-10,15-16,18-20,43H,6,11-14,17,21H2,1-5H3,(H,37,45)(H,40,46). The lowest BCUT2D eigenvalue weighted by molar-refractivity contribution is 0.0864. The molecule has 0 saturated carbocycles. The Bertz CT molecular complexity index is 1800. The third-order valence-corrected chi connectivity index (χ3v) is 8.76. The number of fused-ring (bicyclic) bond motifs is 1. The van der Waals surface area contributed by atoms with Gasteiger partial charge in [0.1, 0.15) is 5.82 Å². The molecule has 5 rings (SSSR count). The van der Waals surface area contributed by atoms with Gasteiger partial charge in [-0.1, -0.05) is 12.1 Å². The minimum atomic E-state index is -0.889. The SMILES string of the molecule is Cc1ncc(C(=O)NCCN2CCCC2(C)C)cc1CC(=O)c1cnn2cc(-c3ccc(C(=O)NC(C)(C)CO)c(F)c3)ccc12. The maximum absolute atomic E-state index is 14.9. The highest BCUT2D eigenvalue weighted by Gasteiger charge is 2.31. The van der Waals surface area contributed by atoms with Crippen LogP contribution < -0.4 is 10.6 Å². The van der Waals surface area contributed by atoms with Crippen molar-refractivity contribution < 1.29 is 23.9 Å². The number of aliphatic hydroxyl groups is 1. The molecule has 46 heavy (non-hydrogen) atoms. The first-order valence-corrected chi connectivity index (χ1v) is 15.5. The van der Waals surface area contributed by atoms with E-state index in [0.717, 1.165) is 25.9 Å². The lowest BCUT2D eigenvalue weighted by Crippen LogP contribution is -2.46. The fourth-order valence-corrected chi connectivity index (χ4v) is 5.80. The van der Waals surface area contributed by atoms with Crippen molar-refractivity contribution in [3.8, 4) is 11.1 Å². The number of nitrogens with zero attached hydrogens (tertiary/aromatic N) is 4. The van der Waals surface area contributed by atoms with E-state index in [2.05, 4.69) is 39.5 Å². The first-order valence-electron chi connectivity index (χ1n) is 15.5. The van der Waals surface area contributed by atoms with E-state index in [1.807, 2.05) is 6.92 Å². The van der Waals surface area contributed by atoms with Crippen molar-refractivity contribution in [3.63, 3.8) is 0 Å². The van der Waals surface area contributed by atoms with Crippen LogP contribution in [0.1, 0.15) is 82.9 Å². The minimum absolute atomic E-state index is 0.0485. The number of carbonyl (C=O) groups is 3. The van der Waals surface area contributed by atoms with Crippen molar-refractivity contribution in [2.75, 3.05) is 26.2 Å². The van der Waals surface area contributed by atoms with Gasteiger partial charge in [0.05, 0.1) is 40.5 Å². The zero-order valence-electron chi connectivity index (χ0n) is 27.0. The van der Waals surface area contributed by atoms with E-state index in [-0.39, 0.29) is 35.8 Å². The second-order valence-corrected chi connectivity index (χ2v) is 13.2. The number of nitrogens with one attached hydrogen (secondary N) is 2. The van der Waals surface area contributed by atoms with Crippen molar-refractivity contribution in [1.82, 2.24) is 30.1 Å². The van der Waals surface area contributed by atoms with Crippen molar-refractivity contribution in [3.05, 3.63) is 88.8 Å². The number of aryl methyl sites for hydroxylation is 1. The predicted molar refractivity (Wildman–Crippen MR) is 173 cm³/mol. The molecule has 4 aromatic rings. The third kappa shape index (κ3) is 7.16. The Balaban J connectivity index is 1.27. The number of benzene rings is 1. The van der Waals surface area contributed by atoms with Gasteiger partial charge in [-0.25, -0.2) is 8.91 Å². The number of hydrogen-bond acceptors (Lipinski definition) is 7. The van der Waals surface area contributed by atoms with Gasteiger partial charge in [0.2, 0.25) is 0 Å². The molecule has 11 heteroatoms. The predicted octanol–water partition coefficient (Wildman–Crippen LogP) is 4.37. The molecule has 1 saturated heterocycles. The van der Waals surface area contributed by atoms with Gasteiger partial charge in [0.15, 0.2) is 5.78 Å². The van der Waals surface area contributed by atoms with Crippen LogP contribution in [-0.2, 0) is 6.42 Å². The average Bonchev–Trinajstić information content (AvgIpc) is 3.59. The van der Waals surface area contributed by atoms with E-state index in [1.54, 1.807) is 48.8 Å². The van der Waals surface area contributed by atoms with E-state index in [4.69, 9.17) is 0 Å². The summed E-state index contributed by atoms with van der Waals surface area (Å²) in [5, 5.41) is 19.4. The maximum Gasteiger partial charge on any atom is 0.254 e. The molecule has 242 valence electrons. The molecule has 10 nitrogen and oxygen atoms in total. The molecule has 2 amide bonds. The van der Waals surface area contributed by atoms with Gasteiger partial charge in [-0.3, -0.25) is 24.3 Å². The van der Waals surface area contributed by atoms with Crippen molar-refractivity contribution in [2.45, 2.75) is 65.0 Å². The van der Waals surface area contributed by atoms with Crippen LogP contribution in [0.25, 0.3) is 16.6 Å². The number of Topliss-reactive ketones (excluding diaryl/α,β-unsaturated/α-hetero) is 1. The number of carbonyl (C=O) groups excluding carboxylic acids is 3. The molecule has 1 fully saturated rings. The molecule has 1 aliphatic heterocycles. The zero-order valence-corrected chi connectivity index (χ0v) is 27.0. The van der Waals surface area contributed by atoms with Crippen LogP contribution in [0.3, 0.4) is 0 Å². The molecule has 0 unspecified atom stereocenters. The normalized spacial score (nSPS) is 14.8. The van der Waals surface area contributed by atoms with Crippen molar-refractivity contribution in [2.24, 2.45) is 0 Å². The number of aliphatic hydroxyl groups excluding tert-OH is 1. The Morgan fingerprint density at radius 2 is 1.80 bits per heavy atom. The highest BCUT2D eigenvalue weighted by Crippen LogP contribution is 2.27. The molecular formula is C35H41FN6O4. The molecule has 4 heterocycles. The number of rotatable bonds is 11. The molecule has 0 radical (unpaired) electrons. The summed E-state index contributed by atoms with van der Waals surface area (Å²) in [6.07, 6.45) is 7.08. The fourth-order valence-electron chi connectivity index (χ4n) is 5.80. The lowest BCUT2D eigenvalue weighted by atomic mass is 10.0. The highest BCUT2D eigenvalue weighted by atomic mass is 19.1. The van der Waals surface area contributed by atoms with Crippen molar-refractivity contribution >= 4 is 23.1 Å². The summed E-state index contributed by atoms with van der Waals surface area (Å²) in [6, 6.07) is 9.53. The van der Waals surface area contributed by atoms with E-state index in [0.29, 0.717) is 45.6 Å². The van der Waals surface area contributed by atoms with E-state index in [1.165, 1.54) is 24.5 Å². The first kappa shape index (κ1) is 32.9. The summed E-state index contributed by atoms with van der Waals surface area (Å²) in [5.74, 6) is -1.71. The van der Waals surface area contributed by atoms with Crippen LogP contribution in [-0.4, -0.2) is 79.5 Å². The Hall–Kier alpha value is -4.48. The second-order valence-electron chi connectivity index (χ2n) is 13.2. The number of pyridine rings is 2. The van der Waals surface area contributed by atoms with Gasteiger partial charge < -0.3 is 15.7 Å². The molecule has 1 aromatic carbocycles. The van der Waals surface area contributed by atoms with Gasteiger partial charge in [-0.05, 0) is 89.4 Å². The largest absolute Gasteiger partial charge is 0.394 e. The maximum atomic E-state index is 14.9. The topological polar surface area (TPSA) is 129 Å². The van der Waals surface area contributed by atoms with E-state index >= 15 is 0 Å². The van der Waals surface area contributed by atoms with E-state index < -0.39 is 17.3 Å². The van der Waals surface area contributed by atoms with Gasteiger partial charge in [0.25, 0.3) is 11.8 Å². The average molecular weight is 629 g/mol. The molecule has 0 aliphatic carbocycles. The van der Waals surface area contributed by atoms with E-state index in [9.17, 15) is 23.9 Å². The van der Waals surface area contributed by atoms with Crippen LogP contribution in [0.15, 0.2) is 55.0 Å². The molecule has 3 aromatic heterocycles. The molecule has 0 atom stereocenters. The van der Waals surface area contributed by atoms with Gasteiger partial charge in [-0.2, -0.15) is 5.10 Å². The molecule has 1 aliphatic rings. The number of hydrogen-bond donors (Lipinski definition) is 3. The number of halogens is 1. The first-order chi connectivity index (χ1) is 21.8. The number of likely N-dealkylation sites (tertiary alicyclic amines) is 1. The molecule has 3 N–H and O–H groups in total. The summed E-state index contributed by atoms with van der Waals surface area (Å²) in [6.45, 7) is 11.6. The summed E-state index contributed by atoms with van der Waals surface area (Å²) in [5.41, 5.74) is 3.04. The molecule has 0 spiro atoms. The van der Waals surface area contributed by atoms with Crippen molar-refractivity contribution in [1.29, 1.82) is 0 Å². The van der Waals surface area contributed by atoms with Crippen LogP contribution in [0.2, 0.25) is 0 Å². The molecular weight excluding hydrogens is 587 g/mol. The third-order valence-electron chi connectivity index (χ3n) is 8.76. The van der Waals surface area contributed by atoms with Crippen LogP contribution in [0, 0.1) is 12.7 Å². The van der Waals surface area contributed by atoms with Gasteiger partial charge in [0, 0.05) is 48.7 Å². The van der Waals surface area contributed by atoms with Gasteiger partial charge >= 0.3 is 0 Å². The number of ketones is 1. The van der Waals surface area contributed by atoms with Crippen LogP contribution in [0.5, 0.6) is 0 Å². The van der Waals surface area contributed by atoms with Crippen LogP contribution in [0.4, 0.5) is 4.39 Å². The Kier molecular flexibility index (Phi) is 9.37. The Labute approximate surface area is 268 Å². The highest BCUT2D eigenvalue weighted by molar-refractivity contribution is 6.04. The zero-order chi connectivity index (χ0) is 33.2. The van der Waals surface area contributed by atoms with Gasteiger partial charge in [-0.15, -0.1) is 0 Å². The summed E-state index contributed by atoms with van der Waals surface area (Å²) in [4.78, 5) is 45.6. The minimum Gasteiger partial charge on any atom is -0.394 e. The van der Waals surface area contributed by atoms with Crippen LogP contribution >= 0.6 is 0 Å². The summed E-state index contributed by atoms with van der Waals surface area (Å²) in [7, 11) is 0. The smallest absolute Gasteiger partial charge is 0.254 e. The molecule has 0 bridgehead atoms.